The molecule has 38 heavy (non-hydrogen) atoms. The summed E-state index contributed by atoms with van der Waals surface area (Å²) in [7, 11) is 1.31. The number of esters is 2. The van der Waals surface area contributed by atoms with Gasteiger partial charge in [-0.05, 0) is 49.2 Å². The van der Waals surface area contributed by atoms with Crippen molar-refractivity contribution in [3.63, 3.8) is 0 Å². The molecule has 1 aromatic rings. The molecule has 2 aliphatic heterocycles. The third kappa shape index (κ3) is 4.29. The van der Waals surface area contributed by atoms with Gasteiger partial charge in [0.1, 0.15) is 30.5 Å². The molecule has 0 bridgehead atoms. The van der Waals surface area contributed by atoms with Crippen molar-refractivity contribution in [1.82, 2.24) is 0 Å². The molecule has 0 unspecified atom stereocenters. The number of hydrogen-bond acceptors (Lipinski definition) is 11. The summed E-state index contributed by atoms with van der Waals surface area (Å²) in [5, 5.41) is 40.5. The first-order valence-electron chi connectivity index (χ1n) is 13.0. The summed E-state index contributed by atoms with van der Waals surface area (Å²) in [5.41, 5.74) is -0.00992. The molecule has 0 spiro atoms. The van der Waals surface area contributed by atoms with Gasteiger partial charge in [-0.3, -0.25) is 4.79 Å². The van der Waals surface area contributed by atoms with Crippen molar-refractivity contribution in [1.29, 1.82) is 0 Å². The van der Waals surface area contributed by atoms with Gasteiger partial charge in [0.2, 0.25) is 0 Å². The monoisotopic (exact) mass is 536 g/mol. The van der Waals surface area contributed by atoms with Crippen LogP contribution in [-0.2, 0) is 28.5 Å². The van der Waals surface area contributed by atoms with E-state index < -0.39 is 66.3 Å². The van der Waals surface area contributed by atoms with E-state index in [4.69, 9.17) is 23.4 Å². The second-order valence-electron chi connectivity index (χ2n) is 11.4. The van der Waals surface area contributed by atoms with Gasteiger partial charge in [0.25, 0.3) is 0 Å². The number of aliphatic hydroxyl groups excluding tert-OH is 4. The number of ether oxygens (including phenoxy) is 4. The number of carbonyl (C=O) groups excluding carboxylic acids is 2. The van der Waals surface area contributed by atoms with Crippen LogP contribution in [0.1, 0.15) is 51.2 Å². The predicted octanol–water partition coefficient (Wildman–Crippen LogP) is 0.995. The van der Waals surface area contributed by atoms with Crippen LogP contribution < -0.4 is 0 Å². The van der Waals surface area contributed by atoms with E-state index in [0.717, 1.165) is 5.56 Å². The zero-order valence-electron chi connectivity index (χ0n) is 21.7. The van der Waals surface area contributed by atoms with Crippen LogP contribution in [0.15, 0.2) is 34.7 Å². The maximum atomic E-state index is 13.2. The lowest BCUT2D eigenvalue weighted by Gasteiger charge is -2.60. The minimum absolute atomic E-state index is 0.218. The van der Waals surface area contributed by atoms with E-state index in [1.807, 2.05) is 6.92 Å². The van der Waals surface area contributed by atoms with E-state index in [2.05, 4.69) is 6.92 Å². The van der Waals surface area contributed by atoms with E-state index in [1.165, 1.54) is 13.4 Å². The highest BCUT2D eigenvalue weighted by molar-refractivity contribution is 5.90. The van der Waals surface area contributed by atoms with Gasteiger partial charge in [-0.1, -0.05) is 13.8 Å². The smallest absolute Gasteiger partial charge is 0.334 e. The summed E-state index contributed by atoms with van der Waals surface area (Å²) >= 11 is 0. The van der Waals surface area contributed by atoms with Gasteiger partial charge in [0, 0.05) is 16.6 Å². The van der Waals surface area contributed by atoms with Crippen molar-refractivity contribution in [3.8, 4) is 0 Å². The van der Waals surface area contributed by atoms with Gasteiger partial charge >= 0.3 is 11.9 Å². The highest BCUT2D eigenvalue weighted by atomic mass is 16.7. The van der Waals surface area contributed by atoms with Crippen LogP contribution in [0.4, 0.5) is 0 Å². The van der Waals surface area contributed by atoms with Crippen molar-refractivity contribution >= 4 is 11.9 Å². The minimum Gasteiger partial charge on any atom is -0.472 e. The lowest BCUT2D eigenvalue weighted by Crippen LogP contribution is -2.61. The topological polar surface area (TPSA) is 165 Å². The van der Waals surface area contributed by atoms with Crippen LogP contribution in [0.5, 0.6) is 0 Å². The fraction of sp³-hybridized carbons (Fsp3) is 0.704. The van der Waals surface area contributed by atoms with Crippen molar-refractivity contribution in [2.45, 2.75) is 82.4 Å². The number of fused-ring (bicyclic) bond motifs is 3. The maximum Gasteiger partial charge on any atom is 0.334 e. The van der Waals surface area contributed by atoms with Gasteiger partial charge < -0.3 is 43.8 Å². The Hall–Kier alpha value is -2.28. The molecule has 0 aromatic carbocycles. The van der Waals surface area contributed by atoms with E-state index in [9.17, 15) is 30.0 Å². The average molecular weight is 537 g/mol. The summed E-state index contributed by atoms with van der Waals surface area (Å²) in [4.78, 5) is 26.3. The van der Waals surface area contributed by atoms with Crippen LogP contribution in [0.25, 0.3) is 0 Å². The molecule has 11 atom stereocenters. The predicted molar refractivity (Wildman–Crippen MR) is 128 cm³/mol. The molecular formula is C27H36O11. The van der Waals surface area contributed by atoms with Gasteiger partial charge in [-0.2, -0.15) is 0 Å². The summed E-state index contributed by atoms with van der Waals surface area (Å²) < 4.78 is 27.9. The van der Waals surface area contributed by atoms with Crippen LogP contribution in [0.2, 0.25) is 0 Å². The van der Waals surface area contributed by atoms with E-state index in [0.29, 0.717) is 31.3 Å². The fourth-order valence-electron chi connectivity index (χ4n) is 7.28. The van der Waals surface area contributed by atoms with Crippen LogP contribution in [-0.4, -0.2) is 82.9 Å². The summed E-state index contributed by atoms with van der Waals surface area (Å²) in [6.45, 7) is 3.48. The molecule has 5 rings (SSSR count). The molecule has 4 aliphatic rings. The zero-order valence-corrected chi connectivity index (χ0v) is 21.7. The average Bonchev–Trinajstić information content (AvgIpc) is 3.43. The van der Waals surface area contributed by atoms with Crippen molar-refractivity contribution in [3.05, 3.63) is 35.8 Å². The first-order chi connectivity index (χ1) is 18.0. The third-order valence-corrected chi connectivity index (χ3v) is 9.40. The molecule has 1 saturated carbocycles. The molecule has 4 N–H and O–H groups in total. The Balaban J connectivity index is 1.49. The normalized spacial score (nSPS) is 44.9. The highest BCUT2D eigenvalue weighted by Crippen LogP contribution is 2.65. The molecule has 3 heterocycles. The standard InChI is InChI=1S/C27H36O11/c1-26-6-4-15-24(33)37-17(13-5-7-35-12-13)10-27(15,2)19(26)9-14(8-16(26)23(32)34-3)36-25-22(31)21(30)20(29)18(11-28)38-25/h5,7-8,12,14-15,17-22,25,28-31H,4,6,9-11H2,1-3H3/t14-,15-,17-,18+,19+,20+,21-,22+,25+,26-,27+/m0/s1. The van der Waals surface area contributed by atoms with Crippen LogP contribution >= 0.6 is 0 Å². The number of rotatable bonds is 5. The molecule has 210 valence electrons. The number of aliphatic hydroxyl groups is 4. The summed E-state index contributed by atoms with van der Waals surface area (Å²) in [5.74, 6) is -1.39. The molecule has 2 saturated heterocycles. The Morgan fingerprint density at radius 1 is 1.18 bits per heavy atom. The molecular weight excluding hydrogens is 500 g/mol. The number of furan rings is 1. The quantitative estimate of drug-likeness (QED) is 0.397. The molecule has 1 aromatic heterocycles. The second kappa shape index (κ2) is 10.0. The van der Waals surface area contributed by atoms with Crippen molar-refractivity contribution < 1.29 is 53.4 Å². The molecule has 0 amide bonds. The molecule has 11 heteroatoms. The minimum atomic E-state index is -1.59. The zero-order chi connectivity index (χ0) is 27.4. The van der Waals surface area contributed by atoms with E-state index >= 15 is 0 Å². The summed E-state index contributed by atoms with van der Waals surface area (Å²) in [6, 6.07) is 1.77. The Morgan fingerprint density at radius 2 is 1.95 bits per heavy atom. The second-order valence-corrected chi connectivity index (χ2v) is 11.4. The highest BCUT2D eigenvalue weighted by Gasteiger charge is 2.62. The molecule has 3 fully saturated rings. The first-order valence-corrected chi connectivity index (χ1v) is 13.0. The van der Waals surface area contributed by atoms with Crippen LogP contribution in [0, 0.1) is 22.7 Å². The van der Waals surface area contributed by atoms with Gasteiger partial charge in [0.05, 0.1) is 38.3 Å². The molecule has 11 nitrogen and oxygen atoms in total. The van der Waals surface area contributed by atoms with Crippen LogP contribution in [0.3, 0.4) is 0 Å². The summed E-state index contributed by atoms with van der Waals surface area (Å²) in [6.07, 6.45) is -1.63. The van der Waals surface area contributed by atoms with E-state index in [-0.39, 0.29) is 17.8 Å². The molecule has 0 radical (unpaired) electrons. The lowest BCUT2D eigenvalue weighted by molar-refractivity contribution is -0.310. The Morgan fingerprint density at radius 3 is 2.61 bits per heavy atom. The number of cyclic esters (lactones) is 1. The largest absolute Gasteiger partial charge is 0.472 e. The van der Waals surface area contributed by atoms with Crippen molar-refractivity contribution in [2.24, 2.45) is 22.7 Å². The van der Waals surface area contributed by atoms with Gasteiger partial charge in [-0.15, -0.1) is 0 Å². The van der Waals surface area contributed by atoms with Gasteiger partial charge in [0.15, 0.2) is 6.29 Å². The fourth-order valence-corrected chi connectivity index (χ4v) is 7.28. The number of carbonyl (C=O) groups is 2. The third-order valence-electron chi connectivity index (χ3n) is 9.40. The Labute approximate surface area is 220 Å². The number of methoxy groups -OCH3 is 1. The van der Waals surface area contributed by atoms with Gasteiger partial charge in [-0.25, -0.2) is 4.79 Å². The Kier molecular flexibility index (Phi) is 7.21. The molecule has 2 aliphatic carbocycles. The maximum absolute atomic E-state index is 13.2. The first kappa shape index (κ1) is 27.3. The van der Waals surface area contributed by atoms with Crippen molar-refractivity contribution in [2.75, 3.05) is 13.7 Å². The number of hydrogen-bond donors (Lipinski definition) is 4. The van der Waals surface area contributed by atoms with E-state index in [1.54, 1.807) is 18.4 Å². The lowest BCUT2D eigenvalue weighted by atomic mass is 9.45. The Bertz CT molecular complexity index is 1070. The SMILES string of the molecule is COC(=O)C1=C[C@H](O[C@@H]2O[C@H](CO)[C@@H](O)[C@H](O)[C@H]2O)C[C@H]2[C@]3(C)C[C@@H](c4ccoc4)OC(=O)[C@@H]3CC[C@@]12C.